The molecule has 1 atom stereocenters. The van der Waals surface area contributed by atoms with Crippen LogP contribution in [0.15, 0.2) is 0 Å². The van der Waals surface area contributed by atoms with Crippen molar-refractivity contribution in [3.8, 4) is 0 Å². The quantitative estimate of drug-likeness (QED) is 0.731. The molecule has 0 aromatic carbocycles. The van der Waals surface area contributed by atoms with E-state index < -0.39 is 0 Å². The predicted molar refractivity (Wildman–Crippen MR) is 73.4 cm³/mol. The van der Waals surface area contributed by atoms with Gasteiger partial charge in [0.2, 0.25) is 5.91 Å². The van der Waals surface area contributed by atoms with Crippen molar-refractivity contribution < 1.29 is 9.53 Å². The SMILES string of the molecule is COCC(Br)CN(C)C(=O)C1(C)CCCCC1. The molecule has 1 fully saturated rings. The Hall–Kier alpha value is -0.0900. The number of halogens is 1. The molecule has 1 rings (SSSR count). The maximum atomic E-state index is 12.4. The van der Waals surface area contributed by atoms with Crippen LogP contribution in [0.1, 0.15) is 39.0 Å². The van der Waals surface area contributed by atoms with E-state index in [2.05, 4.69) is 22.9 Å². The summed E-state index contributed by atoms with van der Waals surface area (Å²) in [7, 11) is 3.57. The summed E-state index contributed by atoms with van der Waals surface area (Å²) in [5.41, 5.74) is -0.132. The summed E-state index contributed by atoms with van der Waals surface area (Å²) in [6.07, 6.45) is 5.72. The van der Waals surface area contributed by atoms with Gasteiger partial charge in [0.15, 0.2) is 0 Å². The van der Waals surface area contributed by atoms with Gasteiger partial charge in [-0.1, -0.05) is 42.1 Å². The molecule has 0 aromatic rings. The van der Waals surface area contributed by atoms with E-state index in [-0.39, 0.29) is 16.1 Å². The molecular formula is C13H24BrNO2. The summed E-state index contributed by atoms with van der Waals surface area (Å²) in [5.74, 6) is 0.290. The molecule has 0 saturated heterocycles. The first-order valence-electron chi connectivity index (χ1n) is 6.38. The standard InChI is InChI=1S/C13H24BrNO2/c1-13(7-5-4-6-8-13)12(16)15(2)9-11(14)10-17-3/h11H,4-10H2,1-3H3. The van der Waals surface area contributed by atoms with E-state index in [1.54, 1.807) is 7.11 Å². The summed E-state index contributed by atoms with van der Waals surface area (Å²) in [6, 6.07) is 0. The first kappa shape index (κ1) is 15.0. The Morgan fingerprint density at radius 2 is 2.00 bits per heavy atom. The number of alkyl halides is 1. The smallest absolute Gasteiger partial charge is 0.228 e. The Labute approximate surface area is 113 Å². The van der Waals surface area contributed by atoms with Gasteiger partial charge in [-0.05, 0) is 12.8 Å². The van der Waals surface area contributed by atoms with E-state index in [1.807, 2.05) is 11.9 Å². The molecule has 1 amide bonds. The van der Waals surface area contributed by atoms with Crippen molar-refractivity contribution in [3.63, 3.8) is 0 Å². The summed E-state index contributed by atoms with van der Waals surface area (Å²) >= 11 is 3.53. The maximum Gasteiger partial charge on any atom is 0.228 e. The van der Waals surface area contributed by atoms with Crippen LogP contribution in [-0.2, 0) is 9.53 Å². The molecule has 0 aromatic heterocycles. The van der Waals surface area contributed by atoms with Crippen LogP contribution in [0, 0.1) is 5.41 Å². The predicted octanol–water partition coefficient (Wildman–Crippen LogP) is 2.83. The minimum Gasteiger partial charge on any atom is -0.383 e. The van der Waals surface area contributed by atoms with Crippen molar-refractivity contribution in [2.45, 2.75) is 43.9 Å². The van der Waals surface area contributed by atoms with Crippen LogP contribution in [-0.4, -0.2) is 42.9 Å². The van der Waals surface area contributed by atoms with Crippen LogP contribution in [0.5, 0.6) is 0 Å². The van der Waals surface area contributed by atoms with E-state index in [4.69, 9.17) is 4.74 Å². The highest BCUT2D eigenvalue weighted by Gasteiger charge is 2.36. The first-order chi connectivity index (χ1) is 7.99. The number of carbonyl (C=O) groups excluding carboxylic acids is 1. The van der Waals surface area contributed by atoms with Gasteiger partial charge in [0.25, 0.3) is 0 Å². The van der Waals surface area contributed by atoms with Crippen molar-refractivity contribution >= 4 is 21.8 Å². The second-order valence-electron chi connectivity index (χ2n) is 5.36. The Bertz CT molecular complexity index is 252. The van der Waals surface area contributed by atoms with E-state index >= 15 is 0 Å². The summed E-state index contributed by atoms with van der Waals surface area (Å²) in [6.45, 7) is 3.46. The fourth-order valence-electron chi connectivity index (χ4n) is 2.62. The monoisotopic (exact) mass is 305 g/mol. The number of amides is 1. The molecular weight excluding hydrogens is 282 g/mol. The molecule has 1 aliphatic carbocycles. The fourth-order valence-corrected chi connectivity index (χ4v) is 3.32. The van der Waals surface area contributed by atoms with Crippen molar-refractivity contribution in [2.24, 2.45) is 5.41 Å². The number of nitrogens with zero attached hydrogens (tertiary/aromatic N) is 1. The fraction of sp³-hybridized carbons (Fsp3) is 0.923. The highest BCUT2D eigenvalue weighted by atomic mass is 79.9. The van der Waals surface area contributed by atoms with E-state index in [9.17, 15) is 4.79 Å². The topological polar surface area (TPSA) is 29.5 Å². The molecule has 0 N–H and O–H groups in total. The van der Waals surface area contributed by atoms with Gasteiger partial charge in [-0.3, -0.25) is 4.79 Å². The lowest BCUT2D eigenvalue weighted by Gasteiger charge is -2.36. The van der Waals surface area contributed by atoms with Crippen molar-refractivity contribution in [1.29, 1.82) is 0 Å². The second kappa shape index (κ2) is 6.74. The van der Waals surface area contributed by atoms with Crippen molar-refractivity contribution in [3.05, 3.63) is 0 Å². The van der Waals surface area contributed by atoms with Crippen LogP contribution in [0.3, 0.4) is 0 Å². The molecule has 3 nitrogen and oxygen atoms in total. The lowest BCUT2D eigenvalue weighted by Crippen LogP contribution is -2.44. The Morgan fingerprint density at radius 1 is 1.41 bits per heavy atom. The zero-order chi connectivity index (χ0) is 12.9. The highest BCUT2D eigenvalue weighted by molar-refractivity contribution is 9.09. The molecule has 1 saturated carbocycles. The van der Waals surface area contributed by atoms with E-state index in [1.165, 1.54) is 19.3 Å². The zero-order valence-corrected chi connectivity index (χ0v) is 12.8. The average molecular weight is 306 g/mol. The molecule has 4 heteroatoms. The molecule has 0 radical (unpaired) electrons. The Balaban J connectivity index is 2.50. The normalized spacial score (nSPS) is 20.9. The number of rotatable bonds is 5. The van der Waals surface area contributed by atoms with Crippen LogP contribution in [0.2, 0.25) is 0 Å². The number of hydrogen-bond donors (Lipinski definition) is 0. The second-order valence-corrected chi connectivity index (χ2v) is 6.65. The third-order valence-electron chi connectivity index (χ3n) is 3.64. The minimum atomic E-state index is -0.132. The first-order valence-corrected chi connectivity index (χ1v) is 7.30. The van der Waals surface area contributed by atoms with Crippen LogP contribution in [0.25, 0.3) is 0 Å². The number of carbonyl (C=O) groups is 1. The van der Waals surface area contributed by atoms with Gasteiger partial charge < -0.3 is 9.64 Å². The van der Waals surface area contributed by atoms with Gasteiger partial charge in [-0.25, -0.2) is 0 Å². The molecule has 0 spiro atoms. The Kier molecular flexibility index (Phi) is 5.93. The van der Waals surface area contributed by atoms with Crippen LogP contribution < -0.4 is 0 Å². The van der Waals surface area contributed by atoms with Gasteiger partial charge in [0.05, 0.1) is 11.4 Å². The van der Waals surface area contributed by atoms with Crippen LogP contribution in [0.4, 0.5) is 0 Å². The highest BCUT2D eigenvalue weighted by Crippen LogP contribution is 2.37. The summed E-state index contributed by atoms with van der Waals surface area (Å²) in [5, 5.41) is 0. The molecule has 0 aliphatic heterocycles. The lowest BCUT2D eigenvalue weighted by molar-refractivity contribution is -0.141. The average Bonchev–Trinajstić information content (AvgIpc) is 2.29. The van der Waals surface area contributed by atoms with Crippen molar-refractivity contribution in [2.75, 3.05) is 27.3 Å². The van der Waals surface area contributed by atoms with Crippen LogP contribution >= 0.6 is 15.9 Å². The maximum absolute atomic E-state index is 12.4. The molecule has 0 bridgehead atoms. The number of hydrogen-bond acceptors (Lipinski definition) is 2. The van der Waals surface area contributed by atoms with E-state index in [0.29, 0.717) is 13.2 Å². The summed E-state index contributed by atoms with van der Waals surface area (Å²) in [4.78, 5) is 14.5. The third kappa shape index (κ3) is 4.25. The molecule has 1 unspecified atom stereocenters. The van der Waals surface area contributed by atoms with Gasteiger partial charge in [-0.15, -0.1) is 0 Å². The third-order valence-corrected chi connectivity index (χ3v) is 4.19. The lowest BCUT2D eigenvalue weighted by atomic mass is 9.75. The molecule has 1 aliphatic rings. The van der Waals surface area contributed by atoms with Gasteiger partial charge in [0.1, 0.15) is 0 Å². The molecule has 17 heavy (non-hydrogen) atoms. The van der Waals surface area contributed by atoms with Crippen molar-refractivity contribution in [1.82, 2.24) is 4.90 Å². The zero-order valence-electron chi connectivity index (χ0n) is 11.2. The van der Waals surface area contributed by atoms with E-state index in [0.717, 1.165) is 12.8 Å². The number of methoxy groups -OCH3 is 1. The largest absolute Gasteiger partial charge is 0.383 e. The number of ether oxygens (including phenoxy) is 1. The van der Waals surface area contributed by atoms with Gasteiger partial charge in [0, 0.05) is 26.1 Å². The molecule has 100 valence electrons. The minimum absolute atomic E-state index is 0.132. The van der Waals surface area contributed by atoms with Gasteiger partial charge in [-0.2, -0.15) is 0 Å². The molecule has 0 heterocycles. The Morgan fingerprint density at radius 3 is 2.53 bits per heavy atom. The summed E-state index contributed by atoms with van der Waals surface area (Å²) < 4.78 is 5.07. The van der Waals surface area contributed by atoms with Gasteiger partial charge >= 0.3 is 0 Å².